The SMILES string of the molecule is CNC(Cc1ccccn1)C12CC3CC(CC(C3)C1)C2. The lowest BCUT2D eigenvalue weighted by Gasteiger charge is -2.59. The average Bonchev–Trinajstić information content (AvgIpc) is 2.44. The maximum Gasteiger partial charge on any atom is 0.0419 e. The van der Waals surface area contributed by atoms with Crippen molar-refractivity contribution < 1.29 is 0 Å². The Bertz CT molecular complexity index is 432. The first kappa shape index (κ1) is 12.8. The van der Waals surface area contributed by atoms with E-state index in [0.717, 1.165) is 24.2 Å². The summed E-state index contributed by atoms with van der Waals surface area (Å²) in [5.74, 6) is 3.09. The van der Waals surface area contributed by atoms with Crippen LogP contribution in [0.1, 0.15) is 44.2 Å². The molecule has 4 saturated carbocycles. The number of hydrogen-bond donors (Lipinski definition) is 1. The van der Waals surface area contributed by atoms with Gasteiger partial charge in [-0.15, -0.1) is 0 Å². The van der Waals surface area contributed by atoms with Gasteiger partial charge in [-0.05, 0) is 80.9 Å². The van der Waals surface area contributed by atoms with Crippen molar-refractivity contribution in [1.82, 2.24) is 10.3 Å². The van der Waals surface area contributed by atoms with Gasteiger partial charge in [-0.1, -0.05) is 6.07 Å². The van der Waals surface area contributed by atoms with Crippen molar-refractivity contribution >= 4 is 0 Å². The van der Waals surface area contributed by atoms with E-state index in [9.17, 15) is 0 Å². The minimum absolute atomic E-state index is 0.570. The summed E-state index contributed by atoms with van der Waals surface area (Å²) in [6.07, 6.45) is 12.0. The number of pyridine rings is 1. The summed E-state index contributed by atoms with van der Waals surface area (Å²) in [6.45, 7) is 0. The van der Waals surface area contributed by atoms with Gasteiger partial charge < -0.3 is 5.32 Å². The van der Waals surface area contributed by atoms with Crippen molar-refractivity contribution in [2.24, 2.45) is 23.2 Å². The van der Waals surface area contributed by atoms with Gasteiger partial charge in [0.2, 0.25) is 0 Å². The molecule has 0 radical (unpaired) electrons. The predicted molar refractivity (Wildman–Crippen MR) is 81.4 cm³/mol. The minimum Gasteiger partial charge on any atom is -0.316 e. The molecule has 2 heteroatoms. The van der Waals surface area contributed by atoms with Crippen molar-refractivity contribution in [2.75, 3.05) is 7.05 Å². The molecular formula is C18H26N2. The highest BCUT2D eigenvalue weighted by Gasteiger charge is 2.53. The van der Waals surface area contributed by atoms with Crippen LogP contribution in [0.5, 0.6) is 0 Å². The highest BCUT2D eigenvalue weighted by molar-refractivity contribution is 5.11. The monoisotopic (exact) mass is 270 g/mol. The highest BCUT2D eigenvalue weighted by Crippen LogP contribution is 2.61. The second kappa shape index (κ2) is 4.84. The molecule has 1 atom stereocenters. The smallest absolute Gasteiger partial charge is 0.0419 e. The Morgan fingerprint density at radius 1 is 1.15 bits per heavy atom. The van der Waals surface area contributed by atoms with E-state index in [-0.39, 0.29) is 0 Å². The fraction of sp³-hybridized carbons (Fsp3) is 0.722. The fourth-order valence-electron chi connectivity index (χ4n) is 5.96. The quantitative estimate of drug-likeness (QED) is 0.906. The minimum atomic E-state index is 0.570. The molecule has 1 aromatic rings. The predicted octanol–water partition coefficient (Wildman–Crippen LogP) is 3.43. The Labute approximate surface area is 122 Å². The van der Waals surface area contributed by atoms with E-state index in [1.54, 1.807) is 0 Å². The summed E-state index contributed by atoms with van der Waals surface area (Å²) in [5, 5.41) is 3.67. The second-order valence-corrected chi connectivity index (χ2v) is 7.65. The van der Waals surface area contributed by atoms with E-state index in [4.69, 9.17) is 0 Å². The van der Waals surface area contributed by atoms with E-state index in [2.05, 4.69) is 29.5 Å². The van der Waals surface area contributed by atoms with Crippen LogP contribution in [0.15, 0.2) is 24.4 Å². The van der Waals surface area contributed by atoms with E-state index in [0.29, 0.717) is 11.5 Å². The zero-order chi connectivity index (χ0) is 13.6. The Morgan fingerprint density at radius 3 is 2.30 bits per heavy atom. The van der Waals surface area contributed by atoms with E-state index in [1.165, 1.54) is 44.2 Å². The highest BCUT2D eigenvalue weighted by atomic mass is 14.9. The third-order valence-corrected chi connectivity index (χ3v) is 6.31. The molecule has 1 aromatic heterocycles. The zero-order valence-electron chi connectivity index (χ0n) is 12.5. The van der Waals surface area contributed by atoms with Crippen molar-refractivity contribution in [2.45, 2.75) is 51.0 Å². The van der Waals surface area contributed by atoms with Crippen molar-refractivity contribution in [1.29, 1.82) is 0 Å². The number of hydrogen-bond acceptors (Lipinski definition) is 2. The molecule has 1 unspecified atom stereocenters. The molecule has 108 valence electrons. The lowest BCUT2D eigenvalue weighted by Crippen LogP contribution is -2.56. The van der Waals surface area contributed by atoms with Crippen LogP contribution in [0.2, 0.25) is 0 Å². The molecule has 20 heavy (non-hydrogen) atoms. The molecule has 1 N–H and O–H groups in total. The molecule has 4 aliphatic rings. The fourth-order valence-corrected chi connectivity index (χ4v) is 5.96. The molecular weight excluding hydrogens is 244 g/mol. The van der Waals surface area contributed by atoms with Gasteiger partial charge in [0.1, 0.15) is 0 Å². The van der Waals surface area contributed by atoms with Crippen molar-refractivity contribution in [3.05, 3.63) is 30.1 Å². The molecule has 4 fully saturated rings. The Hall–Kier alpha value is -0.890. The number of likely N-dealkylation sites (N-methyl/N-ethyl adjacent to an activating group) is 1. The second-order valence-electron chi connectivity index (χ2n) is 7.65. The Balaban J connectivity index is 1.58. The van der Waals surface area contributed by atoms with Gasteiger partial charge in [0.05, 0.1) is 0 Å². The molecule has 0 amide bonds. The number of rotatable bonds is 4. The molecule has 0 saturated heterocycles. The van der Waals surface area contributed by atoms with Gasteiger partial charge in [0.15, 0.2) is 0 Å². The van der Waals surface area contributed by atoms with Gasteiger partial charge in [-0.3, -0.25) is 4.98 Å². The van der Waals surface area contributed by atoms with Crippen LogP contribution < -0.4 is 5.32 Å². The average molecular weight is 270 g/mol. The molecule has 1 heterocycles. The van der Waals surface area contributed by atoms with Crippen molar-refractivity contribution in [3.8, 4) is 0 Å². The first-order valence-corrected chi connectivity index (χ1v) is 8.34. The summed E-state index contributed by atoms with van der Waals surface area (Å²) in [4.78, 5) is 4.55. The van der Waals surface area contributed by atoms with Gasteiger partial charge in [0, 0.05) is 24.4 Å². The van der Waals surface area contributed by atoms with Crippen LogP contribution in [0.25, 0.3) is 0 Å². The van der Waals surface area contributed by atoms with E-state index < -0.39 is 0 Å². The van der Waals surface area contributed by atoms with Gasteiger partial charge in [-0.2, -0.15) is 0 Å². The summed E-state index contributed by atoms with van der Waals surface area (Å²) in [7, 11) is 2.16. The topological polar surface area (TPSA) is 24.9 Å². The molecule has 0 aliphatic heterocycles. The number of nitrogens with zero attached hydrogens (tertiary/aromatic N) is 1. The van der Waals surface area contributed by atoms with Crippen molar-refractivity contribution in [3.63, 3.8) is 0 Å². The summed E-state index contributed by atoms with van der Waals surface area (Å²) < 4.78 is 0. The summed E-state index contributed by atoms with van der Waals surface area (Å²) in [5.41, 5.74) is 1.82. The normalized spacial score (nSPS) is 40.0. The first-order chi connectivity index (χ1) is 9.77. The summed E-state index contributed by atoms with van der Waals surface area (Å²) in [6, 6.07) is 6.94. The molecule has 4 bridgehead atoms. The third kappa shape index (κ3) is 2.09. The molecule has 4 aliphatic carbocycles. The van der Waals surface area contributed by atoms with Crippen LogP contribution in [-0.2, 0) is 6.42 Å². The van der Waals surface area contributed by atoms with Crippen LogP contribution in [-0.4, -0.2) is 18.1 Å². The lowest BCUT2D eigenvalue weighted by molar-refractivity contribution is -0.0725. The van der Waals surface area contributed by atoms with Crippen LogP contribution in [0.4, 0.5) is 0 Å². The van der Waals surface area contributed by atoms with Gasteiger partial charge >= 0.3 is 0 Å². The van der Waals surface area contributed by atoms with Gasteiger partial charge in [-0.25, -0.2) is 0 Å². The molecule has 5 rings (SSSR count). The maximum absolute atomic E-state index is 4.55. The maximum atomic E-state index is 4.55. The Kier molecular flexibility index (Phi) is 3.10. The molecule has 2 nitrogen and oxygen atoms in total. The van der Waals surface area contributed by atoms with Crippen LogP contribution in [0, 0.1) is 23.2 Å². The van der Waals surface area contributed by atoms with Crippen LogP contribution >= 0.6 is 0 Å². The van der Waals surface area contributed by atoms with Crippen LogP contribution in [0.3, 0.4) is 0 Å². The Morgan fingerprint density at radius 2 is 1.80 bits per heavy atom. The lowest BCUT2D eigenvalue weighted by atomic mass is 9.47. The van der Waals surface area contributed by atoms with E-state index >= 15 is 0 Å². The standard InChI is InChI=1S/C18H26N2/c1-19-17(9-16-4-2-3-5-20-16)18-10-13-6-14(11-18)8-15(7-13)12-18/h2-5,13-15,17,19H,6-12H2,1H3. The molecule has 0 spiro atoms. The summed E-state index contributed by atoms with van der Waals surface area (Å²) >= 11 is 0. The first-order valence-electron chi connectivity index (χ1n) is 8.34. The zero-order valence-corrected chi connectivity index (χ0v) is 12.5. The van der Waals surface area contributed by atoms with Gasteiger partial charge in [0.25, 0.3) is 0 Å². The van der Waals surface area contributed by atoms with E-state index in [1.807, 2.05) is 12.3 Å². The number of aromatic nitrogens is 1. The largest absolute Gasteiger partial charge is 0.316 e. The molecule has 0 aromatic carbocycles. The third-order valence-electron chi connectivity index (χ3n) is 6.31. The number of nitrogens with one attached hydrogen (secondary N) is 1.